The smallest absolute Gasteiger partial charge is 0.268 e. The molecule has 8 heteroatoms. The molecule has 4 heterocycles. The second kappa shape index (κ2) is 13.7. The number of carbonyl (C=O) groups is 2. The van der Waals surface area contributed by atoms with Gasteiger partial charge in [0.1, 0.15) is 0 Å². The Bertz CT molecular complexity index is 3130. The van der Waals surface area contributed by atoms with Gasteiger partial charge >= 0.3 is 0 Å². The van der Waals surface area contributed by atoms with Crippen LogP contribution in [0.1, 0.15) is 20.7 Å². The molecule has 0 fully saturated rings. The molecule has 270 valence electrons. The van der Waals surface area contributed by atoms with Gasteiger partial charge in [-0.1, -0.05) is 115 Å². The van der Waals surface area contributed by atoms with E-state index in [9.17, 15) is 4.79 Å². The van der Waals surface area contributed by atoms with Crippen molar-refractivity contribution in [2.75, 3.05) is 4.90 Å². The summed E-state index contributed by atoms with van der Waals surface area (Å²) in [5.74, 6) is -0.871. The Morgan fingerprint density at radius 2 is 0.983 bits per heavy atom. The summed E-state index contributed by atoms with van der Waals surface area (Å²) in [5, 5.41) is 1.79. The number of carbonyl (C=O) groups excluding carboxylic acids is 2. The average molecular weight is 745 g/mol. The number of fused-ring (bicyclic) bond motifs is 4. The van der Waals surface area contributed by atoms with Crippen molar-refractivity contribution in [3.63, 3.8) is 0 Å². The van der Waals surface area contributed by atoms with E-state index in [0.717, 1.165) is 66.3 Å². The van der Waals surface area contributed by atoms with E-state index in [1.54, 1.807) is 30.6 Å². The summed E-state index contributed by atoms with van der Waals surface area (Å²) in [6.45, 7) is 15.4. The van der Waals surface area contributed by atoms with Gasteiger partial charge in [-0.15, -0.1) is 0 Å². The van der Waals surface area contributed by atoms with Crippen LogP contribution in [0.5, 0.6) is 0 Å². The monoisotopic (exact) mass is 744 g/mol. The van der Waals surface area contributed by atoms with Crippen molar-refractivity contribution >= 4 is 50.7 Å². The zero-order valence-corrected chi connectivity index (χ0v) is 30.7. The van der Waals surface area contributed by atoms with Gasteiger partial charge in [0.2, 0.25) is 11.4 Å². The Morgan fingerprint density at radius 1 is 0.431 bits per heavy atom. The Labute approximate surface area is 333 Å². The van der Waals surface area contributed by atoms with Crippen LogP contribution in [0.25, 0.3) is 81.7 Å². The number of anilines is 1. The normalized spacial score (nSPS) is 12.1. The first-order valence-electron chi connectivity index (χ1n) is 18.5. The molecule has 0 unspecified atom stereocenters. The van der Waals surface area contributed by atoms with Crippen LogP contribution in [0.15, 0.2) is 170 Å². The van der Waals surface area contributed by atoms with Gasteiger partial charge < -0.3 is 4.57 Å². The van der Waals surface area contributed by atoms with Crippen LogP contribution < -0.4 is 4.90 Å². The fourth-order valence-corrected chi connectivity index (χ4v) is 8.16. The lowest BCUT2D eigenvalue weighted by atomic mass is 9.97. The summed E-state index contributed by atoms with van der Waals surface area (Å²) in [6, 6.07) is 46.5. The zero-order chi connectivity index (χ0) is 39.3. The van der Waals surface area contributed by atoms with Gasteiger partial charge in [-0.2, -0.15) is 0 Å². The third-order valence-corrected chi connectivity index (χ3v) is 10.7. The maximum Gasteiger partial charge on any atom is 0.268 e. The van der Waals surface area contributed by atoms with Crippen molar-refractivity contribution in [1.82, 2.24) is 14.5 Å². The lowest BCUT2D eigenvalue weighted by Gasteiger charge is -2.20. The minimum absolute atomic E-state index is 0.265. The number of para-hydroxylation sites is 2. The Kier molecular flexibility index (Phi) is 8.04. The molecule has 10 rings (SSSR count). The van der Waals surface area contributed by atoms with Gasteiger partial charge in [0.05, 0.1) is 46.7 Å². The van der Waals surface area contributed by atoms with Crippen molar-refractivity contribution in [3.05, 3.63) is 204 Å². The number of aromatic nitrogens is 3. The fraction of sp³-hybridized carbons (Fsp3) is 0. The van der Waals surface area contributed by atoms with Crippen LogP contribution in [0, 0.1) is 13.1 Å². The van der Waals surface area contributed by atoms with Crippen LogP contribution in [-0.4, -0.2) is 26.3 Å². The van der Waals surface area contributed by atoms with E-state index in [4.69, 9.17) is 13.1 Å². The highest BCUT2D eigenvalue weighted by Gasteiger charge is 2.41. The number of pyridine rings is 2. The number of nitrogens with zero attached hydrogens (tertiary/aromatic N) is 6. The van der Waals surface area contributed by atoms with Crippen LogP contribution in [0.4, 0.5) is 17.1 Å². The molecule has 0 N–H and O–H groups in total. The molecule has 3 aromatic heterocycles. The minimum Gasteiger partial charge on any atom is -0.307 e. The molecule has 1 aliphatic rings. The maximum absolute atomic E-state index is 15.3. The van der Waals surface area contributed by atoms with Gasteiger partial charge in [0, 0.05) is 52.3 Å². The predicted molar refractivity (Wildman–Crippen MR) is 228 cm³/mol. The average Bonchev–Trinajstić information content (AvgIpc) is 3.77. The number of benzene rings is 6. The van der Waals surface area contributed by atoms with Gasteiger partial charge in [0.15, 0.2) is 0 Å². The van der Waals surface area contributed by atoms with Crippen molar-refractivity contribution in [2.45, 2.75) is 0 Å². The molecule has 2 amide bonds. The summed E-state index contributed by atoms with van der Waals surface area (Å²) < 4.78 is 2.05. The van der Waals surface area contributed by atoms with E-state index in [1.165, 1.54) is 17.3 Å². The van der Waals surface area contributed by atoms with E-state index < -0.39 is 11.8 Å². The molecule has 0 saturated carbocycles. The highest BCUT2D eigenvalue weighted by molar-refractivity contribution is 6.37. The first-order chi connectivity index (χ1) is 28.5. The van der Waals surface area contributed by atoms with Gasteiger partial charge in [-0.3, -0.25) is 19.6 Å². The van der Waals surface area contributed by atoms with E-state index in [1.807, 2.05) is 127 Å². The zero-order valence-electron chi connectivity index (χ0n) is 30.7. The summed E-state index contributed by atoms with van der Waals surface area (Å²) in [5.41, 5.74) is 10.3. The molecular formula is C50H28N6O2. The first kappa shape index (κ1) is 34.1. The second-order valence-electron chi connectivity index (χ2n) is 13.9. The number of hydrogen-bond acceptors (Lipinski definition) is 4. The Hall–Kier alpha value is -8.46. The third-order valence-electron chi connectivity index (χ3n) is 10.7. The SMILES string of the molecule is [C-]#[N+]c1cncc(-c2cccc3c4cccc(-c5cncc([N+]#[C-])c5)c4n(-c4cccc5c4C(=O)N(c4cc(-c6ccccc6)ccc4-c4ccccc4)C5=O)c23)c1. The highest BCUT2D eigenvalue weighted by atomic mass is 16.2. The first-order valence-corrected chi connectivity index (χ1v) is 18.5. The van der Waals surface area contributed by atoms with Gasteiger partial charge in [-0.25, -0.2) is 14.6 Å². The minimum atomic E-state index is -0.448. The maximum atomic E-state index is 15.3. The molecule has 0 spiro atoms. The summed E-state index contributed by atoms with van der Waals surface area (Å²) >= 11 is 0. The molecule has 0 saturated heterocycles. The lowest BCUT2D eigenvalue weighted by molar-refractivity contribution is 0.0926. The third kappa shape index (κ3) is 5.36. The molecular weight excluding hydrogens is 717 g/mol. The number of rotatable bonds is 6. The van der Waals surface area contributed by atoms with Gasteiger partial charge in [0.25, 0.3) is 11.8 Å². The molecule has 6 aromatic carbocycles. The molecule has 1 aliphatic heterocycles. The van der Waals surface area contributed by atoms with E-state index in [0.29, 0.717) is 22.7 Å². The summed E-state index contributed by atoms with van der Waals surface area (Å²) in [7, 11) is 0. The van der Waals surface area contributed by atoms with E-state index in [-0.39, 0.29) is 11.1 Å². The standard InChI is InChI=1S/C50H28N6O2/c1-51-36-24-34(27-53-29-36)39-16-9-18-41-42-19-10-17-40(35-25-37(52-2)30-54-28-35)48(42)55(47(39)41)44-21-11-20-43-46(44)50(58)56(49(43)57)45-26-33(31-12-5-3-6-13-31)22-23-38(45)32-14-7-4-8-15-32/h3-30H. The molecule has 58 heavy (non-hydrogen) atoms. The van der Waals surface area contributed by atoms with Gasteiger partial charge in [-0.05, 0) is 58.1 Å². The van der Waals surface area contributed by atoms with Crippen molar-refractivity contribution in [2.24, 2.45) is 0 Å². The molecule has 0 aliphatic carbocycles. The molecule has 0 radical (unpaired) electrons. The van der Waals surface area contributed by atoms with E-state index >= 15 is 4.79 Å². The number of hydrogen-bond donors (Lipinski definition) is 0. The lowest BCUT2D eigenvalue weighted by Crippen LogP contribution is -2.30. The second-order valence-corrected chi connectivity index (χ2v) is 13.9. The van der Waals surface area contributed by atoms with E-state index in [2.05, 4.69) is 24.2 Å². The Morgan fingerprint density at radius 3 is 1.57 bits per heavy atom. The van der Waals surface area contributed by atoms with Crippen molar-refractivity contribution < 1.29 is 9.59 Å². The largest absolute Gasteiger partial charge is 0.307 e. The Balaban J connectivity index is 1.27. The predicted octanol–water partition coefficient (Wildman–Crippen LogP) is 12.1. The van der Waals surface area contributed by atoms with Crippen LogP contribution in [0.2, 0.25) is 0 Å². The summed E-state index contributed by atoms with van der Waals surface area (Å²) in [6.07, 6.45) is 6.51. The fourth-order valence-electron chi connectivity index (χ4n) is 8.16. The highest BCUT2D eigenvalue weighted by Crippen LogP contribution is 2.45. The summed E-state index contributed by atoms with van der Waals surface area (Å²) in [4.78, 5) is 47.5. The molecule has 9 aromatic rings. The molecule has 8 nitrogen and oxygen atoms in total. The van der Waals surface area contributed by atoms with Crippen LogP contribution in [0.3, 0.4) is 0 Å². The van der Waals surface area contributed by atoms with Crippen molar-refractivity contribution in [1.29, 1.82) is 0 Å². The molecule has 0 bridgehead atoms. The molecule has 0 atom stereocenters. The topological polar surface area (TPSA) is 76.8 Å². The number of amides is 2. The van der Waals surface area contributed by atoms with Crippen molar-refractivity contribution in [3.8, 4) is 50.2 Å². The van der Waals surface area contributed by atoms with Crippen LogP contribution >= 0.6 is 0 Å². The quantitative estimate of drug-likeness (QED) is 0.125. The van der Waals surface area contributed by atoms with Crippen LogP contribution in [-0.2, 0) is 0 Å². The number of imide groups is 1.